The van der Waals surface area contributed by atoms with Crippen LogP contribution in [0.5, 0.6) is 0 Å². The summed E-state index contributed by atoms with van der Waals surface area (Å²) in [5, 5.41) is 12.2. The van der Waals surface area contributed by atoms with Gasteiger partial charge in [0.25, 0.3) is 5.91 Å². The van der Waals surface area contributed by atoms with E-state index in [2.05, 4.69) is 5.32 Å². The van der Waals surface area contributed by atoms with E-state index in [9.17, 15) is 9.59 Å². The van der Waals surface area contributed by atoms with Crippen LogP contribution in [0, 0.1) is 11.3 Å². The molecule has 0 fully saturated rings. The van der Waals surface area contributed by atoms with Gasteiger partial charge in [-0.15, -0.1) is 0 Å². The van der Waals surface area contributed by atoms with E-state index in [4.69, 9.17) is 16.9 Å². The van der Waals surface area contributed by atoms with Gasteiger partial charge in [-0.25, -0.2) is 0 Å². The van der Waals surface area contributed by atoms with Gasteiger partial charge in [-0.3, -0.25) is 9.59 Å². The van der Waals surface area contributed by atoms with E-state index < -0.39 is 0 Å². The number of halogens is 1. The van der Waals surface area contributed by atoms with E-state index >= 15 is 0 Å². The van der Waals surface area contributed by atoms with Gasteiger partial charge in [-0.05, 0) is 29.8 Å². The van der Waals surface area contributed by atoms with E-state index in [1.54, 1.807) is 24.3 Å². The molecule has 0 aromatic heterocycles. The first-order valence-electron chi connectivity index (χ1n) is 7.82. The summed E-state index contributed by atoms with van der Waals surface area (Å²) in [5.41, 5.74) is 1.44. The summed E-state index contributed by atoms with van der Waals surface area (Å²) in [4.78, 5) is 25.8. The van der Waals surface area contributed by atoms with Gasteiger partial charge in [0.05, 0.1) is 6.07 Å². The molecule has 2 aromatic carbocycles. The molecule has 5 nitrogen and oxygen atoms in total. The number of hydrogen-bond donors (Lipinski definition) is 1. The minimum Gasteiger partial charge on any atom is -0.352 e. The molecular weight excluding hydrogens is 338 g/mol. The van der Waals surface area contributed by atoms with Crippen LogP contribution in [0.3, 0.4) is 0 Å². The zero-order chi connectivity index (χ0) is 18.1. The Morgan fingerprint density at radius 1 is 1.08 bits per heavy atom. The van der Waals surface area contributed by atoms with Crippen LogP contribution in [0.25, 0.3) is 0 Å². The smallest absolute Gasteiger partial charge is 0.251 e. The molecule has 2 aromatic rings. The molecule has 0 saturated heterocycles. The maximum Gasteiger partial charge on any atom is 0.251 e. The van der Waals surface area contributed by atoms with Crippen molar-refractivity contribution in [1.29, 1.82) is 5.26 Å². The normalized spacial score (nSPS) is 9.92. The third-order valence-electron chi connectivity index (χ3n) is 3.56. The van der Waals surface area contributed by atoms with Crippen molar-refractivity contribution in [2.75, 3.05) is 13.1 Å². The van der Waals surface area contributed by atoms with Crippen molar-refractivity contribution in [3.8, 4) is 6.07 Å². The van der Waals surface area contributed by atoms with Crippen LogP contribution >= 0.6 is 11.6 Å². The van der Waals surface area contributed by atoms with Gasteiger partial charge in [-0.2, -0.15) is 5.26 Å². The highest BCUT2D eigenvalue weighted by molar-refractivity contribution is 6.30. The molecule has 25 heavy (non-hydrogen) atoms. The van der Waals surface area contributed by atoms with Crippen molar-refractivity contribution < 1.29 is 9.59 Å². The predicted molar refractivity (Wildman–Crippen MR) is 95.9 cm³/mol. The van der Waals surface area contributed by atoms with Gasteiger partial charge in [0, 0.05) is 30.1 Å². The number of benzene rings is 2. The summed E-state index contributed by atoms with van der Waals surface area (Å²) >= 11 is 5.79. The first-order valence-corrected chi connectivity index (χ1v) is 8.20. The number of hydrogen-bond acceptors (Lipinski definition) is 3. The third-order valence-corrected chi connectivity index (χ3v) is 3.81. The largest absolute Gasteiger partial charge is 0.352 e. The lowest BCUT2D eigenvalue weighted by atomic mass is 10.2. The Kier molecular flexibility index (Phi) is 7.00. The SMILES string of the molecule is N#CCN(Cc1ccccc1)C(=O)CCNC(=O)c1ccc(Cl)cc1. The zero-order valence-corrected chi connectivity index (χ0v) is 14.4. The van der Waals surface area contributed by atoms with Crippen molar-refractivity contribution in [2.45, 2.75) is 13.0 Å². The second kappa shape index (κ2) is 9.45. The van der Waals surface area contributed by atoms with Crippen LogP contribution in [0.1, 0.15) is 22.3 Å². The lowest BCUT2D eigenvalue weighted by Gasteiger charge is -2.19. The standard InChI is InChI=1S/C19H18ClN3O2/c20-17-8-6-16(7-9-17)19(25)22-12-10-18(24)23(13-11-21)14-15-4-2-1-3-5-15/h1-9H,10,12-14H2,(H,22,25). The molecule has 1 N–H and O–H groups in total. The van der Waals surface area contributed by atoms with Gasteiger partial charge in [0.1, 0.15) is 6.54 Å². The fraction of sp³-hybridized carbons (Fsp3) is 0.211. The summed E-state index contributed by atoms with van der Waals surface area (Å²) in [6.07, 6.45) is 0.133. The molecule has 0 aliphatic carbocycles. The predicted octanol–water partition coefficient (Wildman–Crippen LogP) is 3.01. The molecule has 0 radical (unpaired) electrons. The summed E-state index contributed by atoms with van der Waals surface area (Å²) in [5.74, 6) is -0.443. The van der Waals surface area contributed by atoms with Gasteiger partial charge >= 0.3 is 0 Å². The molecule has 2 amide bonds. The molecule has 6 heteroatoms. The van der Waals surface area contributed by atoms with Crippen molar-refractivity contribution in [2.24, 2.45) is 0 Å². The molecule has 0 spiro atoms. The number of nitrogens with zero attached hydrogens (tertiary/aromatic N) is 2. The van der Waals surface area contributed by atoms with Crippen LogP contribution in [-0.4, -0.2) is 29.8 Å². The van der Waals surface area contributed by atoms with E-state index in [-0.39, 0.29) is 31.3 Å². The highest BCUT2D eigenvalue weighted by Gasteiger charge is 2.14. The van der Waals surface area contributed by atoms with Crippen LogP contribution in [0.15, 0.2) is 54.6 Å². The first-order chi connectivity index (χ1) is 12.1. The summed E-state index contributed by atoms with van der Waals surface area (Å²) < 4.78 is 0. The Labute approximate surface area is 151 Å². The second-order valence-electron chi connectivity index (χ2n) is 5.41. The maximum atomic E-state index is 12.3. The molecule has 0 heterocycles. The van der Waals surface area contributed by atoms with Crippen LogP contribution in [0.2, 0.25) is 5.02 Å². The Morgan fingerprint density at radius 3 is 2.40 bits per heavy atom. The highest BCUT2D eigenvalue weighted by Crippen LogP contribution is 2.09. The zero-order valence-electron chi connectivity index (χ0n) is 13.6. The number of nitriles is 1. The fourth-order valence-corrected chi connectivity index (χ4v) is 2.39. The first kappa shape index (κ1) is 18.5. The van der Waals surface area contributed by atoms with Crippen LogP contribution < -0.4 is 5.32 Å². The average Bonchev–Trinajstić information content (AvgIpc) is 2.62. The quantitative estimate of drug-likeness (QED) is 0.776. The summed E-state index contributed by atoms with van der Waals surface area (Å²) in [6.45, 7) is 0.592. The lowest BCUT2D eigenvalue weighted by Crippen LogP contribution is -2.34. The van der Waals surface area contributed by atoms with Crippen molar-refractivity contribution in [3.63, 3.8) is 0 Å². The minimum atomic E-state index is -0.264. The Bertz CT molecular complexity index is 754. The van der Waals surface area contributed by atoms with Crippen molar-refractivity contribution >= 4 is 23.4 Å². The third kappa shape index (κ3) is 5.94. The molecule has 0 bridgehead atoms. The van der Waals surface area contributed by atoms with Crippen LogP contribution in [0.4, 0.5) is 0 Å². The molecular formula is C19H18ClN3O2. The van der Waals surface area contributed by atoms with E-state index in [1.165, 1.54) is 4.90 Å². The van der Waals surface area contributed by atoms with Gasteiger partial charge < -0.3 is 10.2 Å². The average molecular weight is 356 g/mol. The summed E-state index contributed by atoms with van der Waals surface area (Å²) in [6, 6.07) is 18.0. The van der Waals surface area contributed by atoms with Crippen LogP contribution in [-0.2, 0) is 11.3 Å². The number of amides is 2. The van der Waals surface area contributed by atoms with E-state index in [0.29, 0.717) is 17.1 Å². The molecule has 0 unspecified atom stereocenters. The Hall–Kier alpha value is -2.84. The fourth-order valence-electron chi connectivity index (χ4n) is 2.27. The van der Waals surface area contributed by atoms with Crippen molar-refractivity contribution in [3.05, 3.63) is 70.7 Å². The number of carbonyl (C=O) groups is 2. The summed E-state index contributed by atoms with van der Waals surface area (Å²) in [7, 11) is 0. The Balaban J connectivity index is 1.85. The number of carbonyl (C=O) groups excluding carboxylic acids is 2. The van der Waals surface area contributed by atoms with Gasteiger partial charge in [0.15, 0.2) is 0 Å². The highest BCUT2D eigenvalue weighted by atomic mass is 35.5. The molecule has 128 valence electrons. The number of rotatable bonds is 7. The second-order valence-corrected chi connectivity index (χ2v) is 5.84. The minimum absolute atomic E-state index is 0.0128. The maximum absolute atomic E-state index is 12.3. The number of nitrogens with one attached hydrogen (secondary N) is 1. The molecule has 0 aliphatic heterocycles. The van der Waals surface area contributed by atoms with E-state index in [1.807, 2.05) is 36.4 Å². The Morgan fingerprint density at radius 2 is 1.76 bits per heavy atom. The molecule has 2 rings (SSSR count). The van der Waals surface area contributed by atoms with Gasteiger partial charge in [0.2, 0.25) is 5.91 Å². The topological polar surface area (TPSA) is 73.2 Å². The van der Waals surface area contributed by atoms with E-state index in [0.717, 1.165) is 5.56 Å². The molecule has 0 atom stereocenters. The lowest BCUT2D eigenvalue weighted by molar-refractivity contribution is -0.131. The molecule has 0 aliphatic rings. The van der Waals surface area contributed by atoms with Crippen molar-refractivity contribution in [1.82, 2.24) is 10.2 Å². The molecule has 0 saturated carbocycles. The monoisotopic (exact) mass is 355 g/mol. The van der Waals surface area contributed by atoms with Gasteiger partial charge in [-0.1, -0.05) is 41.9 Å².